The van der Waals surface area contributed by atoms with Gasteiger partial charge in [-0.15, -0.1) is 0 Å². The monoisotopic (exact) mass is 465 g/mol. The molecule has 0 fully saturated rings. The van der Waals surface area contributed by atoms with Gasteiger partial charge in [0, 0.05) is 27.2 Å². The highest BCUT2D eigenvalue weighted by atomic mass is 32.2. The Hall–Kier alpha value is -3.21. The molecule has 3 aromatic rings. The first-order valence-corrected chi connectivity index (χ1v) is 11.8. The molecule has 3 rings (SSSR count). The second-order valence-corrected chi connectivity index (χ2v) is 9.44. The molecular formula is C21H22F3N5O2S. The summed E-state index contributed by atoms with van der Waals surface area (Å²) < 4.78 is 65.6. The highest BCUT2D eigenvalue weighted by molar-refractivity contribution is 7.90. The average Bonchev–Trinajstić information content (AvgIpc) is 2.72. The van der Waals surface area contributed by atoms with Gasteiger partial charge in [-0.05, 0) is 24.1 Å². The van der Waals surface area contributed by atoms with Gasteiger partial charge in [0.25, 0.3) is 0 Å². The van der Waals surface area contributed by atoms with Crippen LogP contribution < -0.4 is 10.1 Å². The average molecular weight is 466 g/mol. The second-order valence-electron chi connectivity index (χ2n) is 7.15. The van der Waals surface area contributed by atoms with Gasteiger partial charge < -0.3 is 10.1 Å². The third-order valence-electron chi connectivity index (χ3n) is 4.22. The molecule has 0 amide bonds. The van der Waals surface area contributed by atoms with Crippen LogP contribution in [0.3, 0.4) is 0 Å². The minimum Gasteiger partial charge on any atom is -0.396 e. The van der Waals surface area contributed by atoms with Crippen LogP contribution in [0.25, 0.3) is 11.4 Å². The Balaban J connectivity index is 1.97. The van der Waals surface area contributed by atoms with Crippen LogP contribution in [0.5, 0.6) is 6.01 Å². The maximum atomic E-state index is 14.0. The summed E-state index contributed by atoms with van der Waals surface area (Å²) in [5.74, 6) is 0.00121. The first kappa shape index (κ1) is 23.5. The number of halogens is 3. The number of rotatable bonds is 9. The molecule has 0 aliphatic carbocycles. The first-order chi connectivity index (χ1) is 15.1. The Morgan fingerprint density at radius 2 is 1.84 bits per heavy atom. The van der Waals surface area contributed by atoms with Crippen molar-refractivity contribution in [1.82, 2.24) is 15.0 Å². The van der Waals surface area contributed by atoms with Crippen LogP contribution in [-0.4, -0.2) is 37.7 Å². The van der Waals surface area contributed by atoms with Crippen LogP contribution in [0.1, 0.15) is 18.9 Å². The van der Waals surface area contributed by atoms with Crippen molar-refractivity contribution in [3.63, 3.8) is 0 Å². The van der Waals surface area contributed by atoms with E-state index >= 15 is 0 Å². The number of aromatic nitrogens is 3. The number of alkyl halides is 3. The first-order valence-electron chi connectivity index (χ1n) is 9.65. The Labute approximate surface area is 184 Å². The van der Waals surface area contributed by atoms with Crippen molar-refractivity contribution in [2.24, 2.45) is 0 Å². The number of hydrogen-bond donors (Lipinski definition) is 2. The molecule has 170 valence electrons. The molecule has 0 bridgehead atoms. The molecule has 0 aliphatic rings. The van der Waals surface area contributed by atoms with Crippen molar-refractivity contribution >= 4 is 21.4 Å². The highest BCUT2D eigenvalue weighted by Crippen LogP contribution is 2.29. The zero-order valence-corrected chi connectivity index (χ0v) is 18.2. The molecule has 7 nitrogen and oxygen atoms in total. The number of nitrogens with zero attached hydrogens (tertiary/aromatic N) is 3. The molecule has 0 spiro atoms. The molecule has 2 unspecified atom stereocenters. The van der Waals surface area contributed by atoms with Crippen molar-refractivity contribution in [1.29, 1.82) is 4.78 Å². The molecule has 1 aromatic heterocycles. The molecule has 11 heteroatoms. The smallest absolute Gasteiger partial charge is 0.396 e. The fourth-order valence-electron chi connectivity index (χ4n) is 2.78. The van der Waals surface area contributed by atoms with Gasteiger partial charge in [0.1, 0.15) is 0 Å². The summed E-state index contributed by atoms with van der Waals surface area (Å²) >= 11 is 0. The Kier molecular flexibility index (Phi) is 6.97. The molecule has 2 atom stereocenters. The van der Waals surface area contributed by atoms with Gasteiger partial charge in [0.05, 0.1) is 5.75 Å². The highest BCUT2D eigenvalue weighted by Gasteiger charge is 2.43. The summed E-state index contributed by atoms with van der Waals surface area (Å²) in [6.45, 7) is 1.27. The number of anilines is 2. The molecule has 0 aliphatic heterocycles. The molecule has 32 heavy (non-hydrogen) atoms. The van der Waals surface area contributed by atoms with Crippen molar-refractivity contribution < 1.29 is 22.1 Å². The van der Waals surface area contributed by atoms with E-state index in [1.54, 1.807) is 54.6 Å². The zero-order valence-electron chi connectivity index (χ0n) is 17.4. The van der Waals surface area contributed by atoms with E-state index in [4.69, 9.17) is 4.78 Å². The lowest BCUT2D eigenvalue weighted by molar-refractivity contribution is -0.223. The number of ether oxygens (including phenoxy) is 1. The van der Waals surface area contributed by atoms with Crippen LogP contribution >= 0.6 is 0 Å². The molecular weight excluding hydrogens is 443 g/mol. The number of benzene rings is 2. The lowest BCUT2D eigenvalue weighted by atomic mass is 10.2. The molecule has 0 radical (unpaired) electrons. The summed E-state index contributed by atoms with van der Waals surface area (Å²) in [5.41, 5.74) is 1.64. The molecule has 1 heterocycles. The fraction of sp³-hybridized carbons (Fsp3) is 0.286. The van der Waals surface area contributed by atoms with E-state index in [1.165, 1.54) is 13.2 Å². The van der Waals surface area contributed by atoms with Gasteiger partial charge in [0.2, 0.25) is 12.1 Å². The van der Waals surface area contributed by atoms with Crippen LogP contribution in [0.4, 0.5) is 24.8 Å². The minimum atomic E-state index is -4.11. The summed E-state index contributed by atoms with van der Waals surface area (Å²) in [4.78, 5) is 12.0. The normalized spacial score (nSPS) is 14.4. The van der Waals surface area contributed by atoms with Gasteiger partial charge >= 0.3 is 12.1 Å². The SMILES string of the molecule is CCC(F)C(F)(F)Oc1nc(Nc2cccc(CS(C)(=N)=O)c2)nc(-c2ccccc2)n1. The van der Waals surface area contributed by atoms with Crippen molar-refractivity contribution in [2.75, 3.05) is 11.6 Å². The van der Waals surface area contributed by atoms with Gasteiger partial charge in [0.15, 0.2) is 5.82 Å². The van der Waals surface area contributed by atoms with E-state index in [0.717, 1.165) is 0 Å². The van der Waals surface area contributed by atoms with Gasteiger partial charge in [-0.25, -0.2) is 8.60 Å². The summed E-state index contributed by atoms with van der Waals surface area (Å²) in [7, 11) is -2.76. The quantitative estimate of drug-likeness (QED) is 0.452. The Bertz CT molecular complexity index is 1180. The van der Waals surface area contributed by atoms with Gasteiger partial charge in [-0.3, -0.25) is 4.78 Å². The second kappa shape index (κ2) is 9.51. The van der Waals surface area contributed by atoms with Gasteiger partial charge in [-0.1, -0.05) is 49.4 Å². The maximum absolute atomic E-state index is 14.0. The van der Waals surface area contributed by atoms with E-state index in [0.29, 0.717) is 16.8 Å². The third-order valence-corrected chi connectivity index (χ3v) is 5.11. The molecule has 2 aromatic carbocycles. The van der Waals surface area contributed by atoms with E-state index in [-0.39, 0.29) is 17.5 Å². The van der Waals surface area contributed by atoms with Crippen LogP contribution in [0.15, 0.2) is 54.6 Å². The maximum Gasteiger partial charge on any atom is 0.432 e. The number of hydrogen-bond acceptors (Lipinski definition) is 7. The zero-order chi connectivity index (χ0) is 23.4. The topological polar surface area (TPSA) is 101 Å². The fourth-order valence-corrected chi connectivity index (χ4v) is 3.60. The van der Waals surface area contributed by atoms with Crippen LogP contribution in [-0.2, 0) is 15.5 Å². The lowest BCUT2D eigenvalue weighted by Crippen LogP contribution is -2.36. The van der Waals surface area contributed by atoms with Crippen molar-refractivity contribution in [3.05, 3.63) is 60.2 Å². The largest absolute Gasteiger partial charge is 0.432 e. The Morgan fingerprint density at radius 3 is 2.50 bits per heavy atom. The van der Waals surface area contributed by atoms with E-state index in [9.17, 15) is 17.4 Å². The van der Waals surface area contributed by atoms with Gasteiger partial charge in [-0.2, -0.15) is 23.7 Å². The van der Waals surface area contributed by atoms with Crippen molar-refractivity contribution in [2.45, 2.75) is 31.4 Å². The minimum absolute atomic E-state index is 0.0461. The van der Waals surface area contributed by atoms with Crippen LogP contribution in [0, 0.1) is 4.78 Å². The predicted octanol–water partition coefficient (Wildman–Crippen LogP) is 5.18. The van der Waals surface area contributed by atoms with E-state index in [2.05, 4.69) is 25.0 Å². The lowest BCUT2D eigenvalue weighted by Gasteiger charge is -2.19. The molecule has 0 saturated carbocycles. The van der Waals surface area contributed by atoms with Crippen LogP contribution in [0.2, 0.25) is 0 Å². The molecule has 2 N–H and O–H groups in total. The van der Waals surface area contributed by atoms with Crippen molar-refractivity contribution in [3.8, 4) is 17.4 Å². The number of nitrogens with one attached hydrogen (secondary N) is 2. The van der Waals surface area contributed by atoms with E-state index < -0.39 is 34.4 Å². The summed E-state index contributed by atoms with van der Waals surface area (Å²) in [6.07, 6.45) is -5.75. The summed E-state index contributed by atoms with van der Waals surface area (Å²) in [5, 5.41) is 2.87. The standard InChI is InChI=1S/C21H22F3N5O2S/c1-3-17(22)21(23,24)31-20-28-18(15-9-5-4-6-10-15)27-19(29-20)26-16-11-7-8-14(12-16)13-32(2,25)30/h4-12,17,25H,3,13H2,1-2H3,(H,26,27,28,29). The third kappa shape index (κ3) is 6.39. The summed E-state index contributed by atoms with van der Waals surface area (Å²) in [6, 6.07) is 14.6. The Morgan fingerprint density at radius 1 is 1.12 bits per heavy atom. The molecule has 0 saturated heterocycles. The predicted molar refractivity (Wildman–Crippen MR) is 116 cm³/mol. The van der Waals surface area contributed by atoms with E-state index in [1.807, 2.05) is 0 Å².